The number of carboxylic acids is 1. The third-order valence-electron chi connectivity index (χ3n) is 2.29. The van der Waals surface area contributed by atoms with Crippen molar-refractivity contribution < 1.29 is 9.90 Å². The van der Waals surface area contributed by atoms with Gasteiger partial charge in [-0.1, -0.05) is 12.1 Å². The Hall–Kier alpha value is -1.48. The van der Waals surface area contributed by atoms with Gasteiger partial charge in [0.1, 0.15) is 0 Å². The van der Waals surface area contributed by atoms with E-state index in [0.717, 1.165) is 15.7 Å². The summed E-state index contributed by atoms with van der Waals surface area (Å²) in [4.78, 5) is 11.9. The van der Waals surface area contributed by atoms with E-state index in [2.05, 4.69) is 0 Å². The minimum Gasteiger partial charge on any atom is -0.478 e. The van der Waals surface area contributed by atoms with Crippen LogP contribution in [0, 0.1) is 0 Å². The third-order valence-corrected chi connectivity index (χ3v) is 3.02. The van der Waals surface area contributed by atoms with Gasteiger partial charge in [0.15, 0.2) is 0 Å². The van der Waals surface area contributed by atoms with E-state index in [0.29, 0.717) is 5.56 Å². The molecule has 0 unspecified atom stereocenters. The molecule has 2 nitrogen and oxygen atoms in total. The number of fused-ring (bicyclic) bond motifs is 1. The molecule has 2 rings (SSSR count). The molecule has 3 heteroatoms. The van der Waals surface area contributed by atoms with Crippen molar-refractivity contribution >= 4 is 28.5 Å². The van der Waals surface area contributed by atoms with Crippen LogP contribution in [0.1, 0.15) is 10.4 Å². The van der Waals surface area contributed by atoms with E-state index in [1.165, 1.54) is 0 Å². The number of hydrogen-bond acceptors (Lipinski definition) is 2. The van der Waals surface area contributed by atoms with E-state index < -0.39 is 5.97 Å². The highest BCUT2D eigenvalue weighted by Gasteiger charge is 2.03. The average Bonchev–Trinajstić information content (AvgIpc) is 2.27. The first-order chi connectivity index (χ1) is 7.20. The molecule has 2 aromatic carbocycles. The van der Waals surface area contributed by atoms with Crippen molar-refractivity contribution in [3.05, 3.63) is 42.0 Å². The lowest BCUT2D eigenvalue weighted by atomic mass is 10.1. The number of hydrogen-bond donors (Lipinski definition) is 1. The van der Waals surface area contributed by atoms with Gasteiger partial charge in [-0.3, -0.25) is 0 Å². The maximum absolute atomic E-state index is 10.8. The third kappa shape index (κ3) is 1.97. The molecule has 0 fully saturated rings. The summed E-state index contributed by atoms with van der Waals surface area (Å²) in [5, 5.41) is 10.9. The van der Waals surface area contributed by atoms with Gasteiger partial charge in [0, 0.05) is 4.90 Å². The van der Waals surface area contributed by atoms with Gasteiger partial charge >= 0.3 is 5.97 Å². The van der Waals surface area contributed by atoms with E-state index in [1.807, 2.05) is 30.5 Å². The second-order valence-electron chi connectivity index (χ2n) is 3.23. The van der Waals surface area contributed by atoms with Crippen LogP contribution in [-0.4, -0.2) is 17.3 Å². The molecule has 76 valence electrons. The van der Waals surface area contributed by atoms with Gasteiger partial charge in [-0.2, -0.15) is 0 Å². The predicted molar refractivity (Wildman–Crippen MR) is 62.7 cm³/mol. The van der Waals surface area contributed by atoms with Gasteiger partial charge in [-0.15, -0.1) is 11.8 Å². The molecule has 1 N–H and O–H groups in total. The molecule has 0 saturated heterocycles. The second-order valence-corrected chi connectivity index (χ2v) is 4.11. The monoisotopic (exact) mass is 218 g/mol. The molecule has 0 saturated carbocycles. The fraction of sp³-hybridized carbons (Fsp3) is 0.0833. The zero-order chi connectivity index (χ0) is 10.8. The van der Waals surface area contributed by atoms with Crippen molar-refractivity contribution in [1.29, 1.82) is 0 Å². The topological polar surface area (TPSA) is 37.3 Å². The summed E-state index contributed by atoms with van der Waals surface area (Å²) in [6.45, 7) is 0. The molecule has 0 spiro atoms. The van der Waals surface area contributed by atoms with Crippen molar-refractivity contribution in [2.75, 3.05) is 6.26 Å². The molecule has 0 aliphatic carbocycles. The van der Waals surface area contributed by atoms with E-state index >= 15 is 0 Å². The van der Waals surface area contributed by atoms with E-state index in [-0.39, 0.29) is 0 Å². The van der Waals surface area contributed by atoms with Gasteiger partial charge in [0.2, 0.25) is 0 Å². The highest BCUT2D eigenvalue weighted by atomic mass is 32.2. The summed E-state index contributed by atoms with van der Waals surface area (Å²) in [7, 11) is 0. The first-order valence-corrected chi connectivity index (χ1v) is 5.74. The second kappa shape index (κ2) is 3.95. The van der Waals surface area contributed by atoms with Gasteiger partial charge in [0.25, 0.3) is 0 Å². The minimum atomic E-state index is -0.883. The molecule has 0 amide bonds. The quantitative estimate of drug-likeness (QED) is 0.786. The number of thioether (sulfide) groups is 1. The van der Waals surface area contributed by atoms with E-state index in [1.54, 1.807) is 23.9 Å². The summed E-state index contributed by atoms with van der Waals surface area (Å²) < 4.78 is 0. The molecular formula is C12H10O2S. The molecule has 0 aromatic heterocycles. The highest BCUT2D eigenvalue weighted by Crippen LogP contribution is 2.22. The SMILES string of the molecule is CSc1ccc2ccc(C(=O)O)cc2c1. The Morgan fingerprint density at radius 2 is 1.87 bits per heavy atom. The summed E-state index contributed by atoms with van der Waals surface area (Å²) in [6, 6.07) is 11.2. The van der Waals surface area contributed by atoms with Crippen LogP contribution in [-0.2, 0) is 0 Å². The van der Waals surface area contributed by atoms with Gasteiger partial charge in [-0.05, 0) is 41.3 Å². The zero-order valence-corrected chi connectivity index (χ0v) is 9.04. The number of aromatic carboxylic acids is 1. The van der Waals surface area contributed by atoms with E-state index in [9.17, 15) is 4.79 Å². The zero-order valence-electron chi connectivity index (χ0n) is 8.23. The maximum Gasteiger partial charge on any atom is 0.335 e. The Balaban J connectivity index is 2.62. The van der Waals surface area contributed by atoms with Crippen LogP contribution in [0.3, 0.4) is 0 Å². The molecule has 2 aromatic rings. The lowest BCUT2D eigenvalue weighted by Gasteiger charge is -2.02. The molecule has 0 aliphatic rings. The molecule has 0 atom stereocenters. The van der Waals surface area contributed by atoms with Crippen molar-refractivity contribution in [3.63, 3.8) is 0 Å². The fourth-order valence-corrected chi connectivity index (χ4v) is 1.93. The predicted octanol–water partition coefficient (Wildman–Crippen LogP) is 3.26. The summed E-state index contributed by atoms with van der Waals surface area (Å²) in [6.07, 6.45) is 2.00. The van der Waals surface area contributed by atoms with Crippen LogP contribution >= 0.6 is 11.8 Å². The van der Waals surface area contributed by atoms with Crippen LogP contribution < -0.4 is 0 Å². The van der Waals surface area contributed by atoms with Gasteiger partial charge in [0.05, 0.1) is 5.56 Å². The molecule has 0 aliphatic heterocycles. The fourth-order valence-electron chi connectivity index (χ4n) is 1.48. The molecule has 0 radical (unpaired) electrons. The molecule has 0 bridgehead atoms. The Labute approximate surface area is 91.9 Å². The van der Waals surface area contributed by atoms with Crippen molar-refractivity contribution in [2.24, 2.45) is 0 Å². The van der Waals surface area contributed by atoms with Crippen LogP contribution in [0.5, 0.6) is 0 Å². The molecular weight excluding hydrogens is 208 g/mol. The van der Waals surface area contributed by atoms with Crippen LogP contribution in [0.4, 0.5) is 0 Å². The lowest BCUT2D eigenvalue weighted by Crippen LogP contribution is -1.95. The molecule has 0 heterocycles. The first kappa shape index (κ1) is 10.1. The maximum atomic E-state index is 10.8. The normalized spacial score (nSPS) is 10.5. The highest BCUT2D eigenvalue weighted by molar-refractivity contribution is 7.98. The number of rotatable bonds is 2. The minimum absolute atomic E-state index is 0.334. The van der Waals surface area contributed by atoms with E-state index in [4.69, 9.17) is 5.11 Å². The van der Waals surface area contributed by atoms with Crippen molar-refractivity contribution in [2.45, 2.75) is 4.90 Å². The van der Waals surface area contributed by atoms with Crippen LogP contribution in [0.15, 0.2) is 41.3 Å². The Bertz CT molecular complexity index is 520. The van der Waals surface area contributed by atoms with Crippen LogP contribution in [0.2, 0.25) is 0 Å². The average molecular weight is 218 g/mol. The Morgan fingerprint density at radius 3 is 2.53 bits per heavy atom. The smallest absolute Gasteiger partial charge is 0.335 e. The number of carbonyl (C=O) groups is 1. The summed E-state index contributed by atoms with van der Waals surface area (Å²) in [5.74, 6) is -0.883. The Morgan fingerprint density at radius 1 is 1.13 bits per heavy atom. The first-order valence-electron chi connectivity index (χ1n) is 4.52. The number of benzene rings is 2. The summed E-state index contributed by atoms with van der Waals surface area (Å²) >= 11 is 1.65. The summed E-state index contributed by atoms with van der Waals surface area (Å²) in [5.41, 5.74) is 0.334. The van der Waals surface area contributed by atoms with Crippen LogP contribution in [0.25, 0.3) is 10.8 Å². The molecule has 15 heavy (non-hydrogen) atoms. The Kier molecular flexibility index (Phi) is 2.64. The van der Waals surface area contributed by atoms with Crippen molar-refractivity contribution in [3.8, 4) is 0 Å². The lowest BCUT2D eigenvalue weighted by molar-refractivity contribution is 0.0697. The number of carboxylic acid groups (broad SMARTS) is 1. The van der Waals surface area contributed by atoms with Gasteiger partial charge < -0.3 is 5.11 Å². The van der Waals surface area contributed by atoms with Crippen molar-refractivity contribution in [1.82, 2.24) is 0 Å². The standard InChI is InChI=1S/C12H10O2S/c1-15-11-5-4-8-2-3-9(12(13)14)6-10(8)7-11/h2-7H,1H3,(H,13,14). The van der Waals surface area contributed by atoms with Gasteiger partial charge in [-0.25, -0.2) is 4.79 Å². The largest absolute Gasteiger partial charge is 0.478 e.